The first kappa shape index (κ1) is 11.6. The third-order valence-corrected chi connectivity index (χ3v) is 3.67. The predicted molar refractivity (Wildman–Crippen MR) is 61.8 cm³/mol. The molecule has 1 fully saturated rings. The molecule has 1 aromatic heterocycles. The molecule has 16 heavy (non-hydrogen) atoms. The van der Waals surface area contributed by atoms with Crippen molar-refractivity contribution in [3.63, 3.8) is 0 Å². The van der Waals surface area contributed by atoms with Gasteiger partial charge in [-0.2, -0.15) is 0 Å². The van der Waals surface area contributed by atoms with Gasteiger partial charge in [0, 0.05) is 19.7 Å². The smallest absolute Gasteiger partial charge is 0.0852 e. The van der Waals surface area contributed by atoms with Crippen LogP contribution in [0.4, 0.5) is 0 Å². The maximum Gasteiger partial charge on any atom is 0.0852 e. The second-order valence-corrected chi connectivity index (χ2v) is 5.17. The van der Waals surface area contributed by atoms with E-state index < -0.39 is 0 Å². The van der Waals surface area contributed by atoms with E-state index in [1.54, 1.807) is 4.68 Å². The highest BCUT2D eigenvalue weighted by molar-refractivity contribution is 4.95. The number of nitrogens with zero attached hydrogens (tertiary/aromatic N) is 3. The highest BCUT2D eigenvalue weighted by Crippen LogP contribution is 2.31. The van der Waals surface area contributed by atoms with E-state index in [1.807, 2.05) is 13.2 Å². The fourth-order valence-electron chi connectivity index (χ4n) is 2.54. The van der Waals surface area contributed by atoms with Gasteiger partial charge >= 0.3 is 0 Å². The summed E-state index contributed by atoms with van der Waals surface area (Å²) in [6.07, 6.45) is 7.10. The minimum Gasteiger partial charge on any atom is -0.392 e. The second-order valence-electron chi connectivity index (χ2n) is 5.17. The van der Waals surface area contributed by atoms with Gasteiger partial charge in [-0.25, -0.2) is 0 Å². The fourth-order valence-corrected chi connectivity index (χ4v) is 2.54. The van der Waals surface area contributed by atoms with Gasteiger partial charge in [-0.15, -0.1) is 5.10 Å². The quantitative estimate of drug-likeness (QED) is 0.845. The summed E-state index contributed by atoms with van der Waals surface area (Å²) >= 11 is 0. The van der Waals surface area contributed by atoms with Crippen molar-refractivity contribution in [3.8, 4) is 0 Å². The van der Waals surface area contributed by atoms with Gasteiger partial charge in [-0.05, 0) is 24.7 Å². The fraction of sp³-hybridized carbons (Fsp3) is 0.833. The van der Waals surface area contributed by atoms with Crippen molar-refractivity contribution in [2.45, 2.75) is 45.1 Å². The molecule has 0 saturated heterocycles. The lowest BCUT2D eigenvalue weighted by Crippen LogP contribution is -2.27. The maximum absolute atomic E-state index is 10.1. The number of aryl methyl sites for hydroxylation is 1. The van der Waals surface area contributed by atoms with Crippen molar-refractivity contribution in [1.29, 1.82) is 0 Å². The Hall–Kier alpha value is -0.900. The van der Waals surface area contributed by atoms with E-state index in [-0.39, 0.29) is 6.10 Å². The van der Waals surface area contributed by atoms with Gasteiger partial charge in [0.15, 0.2) is 0 Å². The van der Waals surface area contributed by atoms with Crippen molar-refractivity contribution in [1.82, 2.24) is 15.0 Å². The van der Waals surface area contributed by atoms with E-state index >= 15 is 0 Å². The highest BCUT2D eigenvalue weighted by Gasteiger charge is 2.25. The summed E-state index contributed by atoms with van der Waals surface area (Å²) in [5.74, 6) is 1.29. The Morgan fingerprint density at radius 1 is 1.44 bits per heavy atom. The average molecular weight is 223 g/mol. The molecule has 2 rings (SSSR count). The average Bonchev–Trinajstić information content (AvgIpc) is 2.65. The van der Waals surface area contributed by atoms with Crippen LogP contribution in [-0.4, -0.2) is 26.2 Å². The van der Waals surface area contributed by atoms with Crippen LogP contribution in [0.3, 0.4) is 0 Å². The van der Waals surface area contributed by atoms with Crippen LogP contribution in [0, 0.1) is 11.8 Å². The van der Waals surface area contributed by atoms with Crippen LogP contribution < -0.4 is 0 Å². The maximum atomic E-state index is 10.1. The molecule has 0 aromatic carbocycles. The standard InChI is InChI=1S/C12H21N3O/c1-9-3-5-10(6-4-9)12(16)7-11-8-15(2)14-13-11/h8-10,12,16H,3-7H2,1-2H3. The minimum atomic E-state index is -0.246. The Kier molecular flexibility index (Phi) is 3.59. The molecule has 4 heteroatoms. The molecule has 0 aliphatic heterocycles. The van der Waals surface area contributed by atoms with E-state index in [9.17, 15) is 5.11 Å². The van der Waals surface area contributed by atoms with Crippen LogP contribution in [0.25, 0.3) is 0 Å². The second kappa shape index (κ2) is 4.95. The molecular formula is C12H21N3O. The van der Waals surface area contributed by atoms with E-state index in [0.717, 1.165) is 24.5 Å². The zero-order chi connectivity index (χ0) is 11.5. The molecule has 1 aliphatic rings. The Bertz CT molecular complexity index is 329. The Balaban J connectivity index is 1.85. The van der Waals surface area contributed by atoms with Crippen molar-refractivity contribution in [2.75, 3.05) is 0 Å². The van der Waals surface area contributed by atoms with Crippen molar-refractivity contribution < 1.29 is 5.11 Å². The highest BCUT2D eigenvalue weighted by atomic mass is 16.3. The molecule has 0 amide bonds. The SMILES string of the molecule is CC1CCC(C(O)Cc2cn(C)nn2)CC1. The number of hydrogen-bond donors (Lipinski definition) is 1. The lowest BCUT2D eigenvalue weighted by atomic mass is 9.79. The zero-order valence-corrected chi connectivity index (χ0v) is 10.1. The topological polar surface area (TPSA) is 50.9 Å². The van der Waals surface area contributed by atoms with Crippen LogP contribution >= 0.6 is 0 Å². The lowest BCUT2D eigenvalue weighted by molar-refractivity contribution is 0.0753. The van der Waals surface area contributed by atoms with Gasteiger partial charge in [0.05, 0.1) is 11.8 Å². The van der Waals surface area contributed by atoms with Crippen molar-refractivity contribution in [2.24, 2.45) is 18.9 Å². The molecule has 0 radical (unpaired) electrons. The van der Waals surface area contributed by atoms with Gasteiger partial charge in [-0.3, -0.25) is 4.68 Å². The summed E-state index contributed by atoms with van der Waals surface area (Å²) in [7, 11) is 1.85. The summed E-state index contributed by atoms with van der Waals surface area (Å²) in [5.41, 5.74) is 0.897. The molecule has 1 aliphatic carbocycles. The van der Waals surface area contributed by atoms with Gasteiger partial charge in [0.25, 0.3) is 0 Å². The molecule has 0 bridgehead atoms. The van der Waals surface area contributed by atoms with Gasteiger partial charge in [0.2, 0.25) is 0 Å². The molecule has 1 aromatic rings. The van der Waals surface area contributed by atoms with Crippen LogP contribution in [0.1, 0.15) is 38.3 Å². The Morgan fingerprint density at radius 2 is 2.12 bits per heavy atom. The molecule has 0 spiro atoms. The Labute approximate surface area is 96.7 Å². The van der Waals surface area contributed by atoms with Crippen LogP contribution in [0.5, 0.6) is 0 Å². The normalized spacial score (nSPS) is 27.9. The monoisotopic (exact) mass is 223 g/mol. The van der Waals surface area contributed by atoms with Gasteiger partial charge in [-0.1, -0.05) is 25.0 Å². The zero-order valence-electron chi connectivity index (χ0n) is 10.1. The molecule has 1 heterocycles. The van der Waals surface area contributed by atoms with E-state index in [2.05, 4.69) is 17.2 Å². The number of aromatic nitrogens is 3. The van der Waals surface area contributed by atoms with Gasteiger partial charge in [0.1, 0.15) is 0 Å². The summed E-state index contributed by atoms with van der Waals surface area (Å²) in [6.45, 7) is 2.30. The molecule has 1 N–H and O–H groups in total. The van der Waals surface area contributed by atoms with Crippen LogP contribution in [0.15, 0.2) is 6.20 Å². The molecule has 4 nitrogen and oxygen atoms in total. The van der Waals surface area contributed by atoms with E-state index in [0.29, 0.717) is 12.3 Å². The minimum absolute atomic E-state index is 0.246. The van der Waals surface area contributed by atoms with E-state index in [4.69, 9.17) is 0 Å². The summed E-state index contributed by atoms with van der Waals surface area (Å²) in [4.78, 5) is 0. The number of rotatable bonds is 3. The molecule has 1 unspecified atom stereocenters. The van der Waals surface area contributed by atoms with Crippen LogP contribution in [0.2, 0.25) is 0 Å². The first-order chi connectivity index (χ1) is 7.65. The third-order valence-electron chi connectivity index (χ3n) is 3.67. The first-order valence-electron chi connectivity index (χ1n) is 6.18. The Morgan fingerprint density at radius 3 is 2.69 bits per heavy atom. The van der Waals surface area contributed by atoms with Gasteiger partial charge < -0.3 is 5.11 Å². The summed E-state index contributed by atoms with van der Waals surface area (Å²) < 4.78 is 1.69. The molecular weight excluding hydrogens is 202 g/mol. The lowest BCUT2D eigenvalue weighted by Gasteiger charge is -2.29. The number of hydrogen-bond acceptors (Lipinski definition) is 3. The summed E-state index contributed by atoms with van der Waals surface area (Å²) in [6, 6.07) is 0. The van der Waals surface area contributed by atoms with E-state index in [1.165, 1.54) is 12.8 Å². The molecule has 1 atom stereocenters. The third kappa shape index (κ3) is 2.82. The van der Waals surface area contributed by atoms with Crippen molar-refractivity contribution in [3.05, 3.63) is 11.9 Å². The van der Waals surface area contributed by atoms with Crippen LogP contribution in [-0.2, 0) is 13.5 Å². The molecule has 1 saturated carbocycles. The largest absolute Gasteiger partial charge is 0.392 e. The number of aliphatic hydroxyl groups excluding tert-OH is 1. The first-order valence-corrected chi connectivity index (χ1v) is 6.18. The summed E-state index contributed by atoms with van der Waals surface area (Å²) in [5, 5.41) is 18.0. The predicted octanol–water partition coefficient (Wildman–Crippen LogP) is 1.54. The number of aliphatic hydroxyl groups is 1. The molecule has 90 valence electrons. The van der Waals surface area contributed by atoms with Crippen molar-refractivity contribution >= 4 is 0 Å².